The van der Waals surface area contributed by atoms with Crippen molar-refractivity contribution in [1.82, 2.24) is 0 Å². The Morgan fingerprint density at radius 3 is 2.59 bits per heavy atom. The summed E-state index contributed by atoms with van der Waals surface area (Å²) in [5, 5.41) is 14.0. The van der Waals surface area contributed by atoms with Crippen molar-refractivity contribution in [2.75, 3.05) is 5.32 Å². The first-order chi connectivity index (χ1) is 8.24. The van der Waals surface area contributed by atoms with Crippen LogP contribution in [0.3, 0.4) is 0 Å². The molecular weight excluding hydrogens is 234 g/mol. The molecule has 4 heteroatoms. The summed E-state index contributed by atoms with van der Waals surface area (Å²) in [7, 11) is 0. The smallest absolute Gasteiger partial charge is 0.307 e. The first kappa shape index (κ1) is 11.7. The second kappa shape index (κ2) is 5.50. The molecule has 0 bridgehead atoms. The molecule has 88 valence electrons. The second-order valence-corrected chi connectivity index (χ2v) is 4.73. The number of benzene rings is 1. The van der Waals surface area contributed by atoms with Crippen LogP contribution in [0, 0.1) is 0 Å². The van der Waals surface area contributed by atoms with Gasteiger partial charge in [0.05, 0.1) is 6.42 Å². The van der Waals surface area contributed by atoms with Crippen molar-refractivity contribution in [2.45, 2.75) is 13.0 Å². The van der Waals surface area contributed by atoms with Crippen molar-refractivity contribution in [3.05, 3.63) is 52.2 Å². The highest BCUT2D eigenvalue weighted by atomic mass is 32.1. The minimum absolute atomic E-state index is 0.0746. The molecule has 2 N–H and O–H groups in total. The molecular formula is C13H13NO2S. The molecule has 0 radical (unpaired) electrons. The number of carboxylic acids is 1. The molecule has 0 atom stereocenters. The van der Waals surface area contributed by atoms with Crippen molar-refractivity contribution >= 4 is 23.0 Å². The fourth-order valence-electron chi connectivity index (χ4n) is 1.52. The zero-order chi connectivity index (χ0) is 12.1. The van der Waals surface area contributed by atoms with E-state index in [1.54, 1.807) is 11.3 Å². The van der Waals surface area contributed by atoms with Gasteiger partial charge in [-0.3, -0.25) is 4.79 Å². The van der Waals surface area contributed by atoms with Crippen molar-refractivity contribution in [1.29, 1.82) is 0 Å². The summed E-state index contributed by atoms with van der Waals surface area (Å²) in [6.07, 6.45) is 0.0746. The largest absolute Gasteiger partial charge is 0.481 e. The molecule has 0 amide bonds. The van der Waals surface area contributed by atoms with Gasteiger partial charge in [-0.1, -0.05) is 18.2 Å². The number of rotatable bonds is 5. The summed E-state index contributed by atoms with van der Waals surface area (Å²) in [5.41, 5.74) is 1.83. The third kappa shape index (κ3) is 3.60. The molecule has 0 aliphatic heterocycles. The summed E-state index contributed by atoms with van der Waals surface area (Å²) >= 11 is 1.71. The SMILES string of the molecule is O=C(O)Cc1ccc(NCc2cccs2)cc1. The monoisotopic (exact) mass is 247 g/mol. The van der Waals surface area contributed by atoms with Gasteiger partial charge in [0.2, 0.25) is 0 Å². The van der Waals surface area contributed by atoms with Crippen molar-refractivity contribution < 1.29 is 9.90 Å². The summed E-state index contributed by atoms with van der Waals surface area (Å²) in [6, 6.07) is 11.6. The zero-order valence-electron chi connectivity index (χ0n) is 9.22. The van der Waals surface area contributed by atoms with E-state index >= 15 is 0 Å². The fraction of sp³-hybridized carbons (Fsp3) is 0.154. The van der Waals surface area contributed by atoms with Crippen LogP contribution in [0.4, 0.5) is 5.69 Å². The number of carbonyl (C=O) groups is 1. The first-order valence-corrected chi connectivity index (χ1v) is 6.19. The van der Waals surface area contributed by atoms with Crippen LogP contribution in [0.5, 0.6) is 0 Å². The molecule has 0 saturated heterocycles. The number of hydrogen-bond acceptors (Lipinski definition) is 3. The van der Waals surface area contributed by atoms with Gasteiger partial charge >= 0.3 is 5.97 Å². The van der Waals surface area contributed by atoms with Crippen molar-refractivity contribution in [3.8, 4) is 0 Å². The molecule has 0 aliphatic rings. The summed E-state index contributed by atoms with van der Waals surface area (Å²) in [5.74, 6) is -0.802. The number of hydrogen-bond donors (Lipinski definition) is 2. The predicted octanol–water partition coefficient (Wildman–Crippen LogP) is 2.99. The Morgan fingerprint density at radius 2 is 2.00 bits per heavy atom. The van der Waals surface area contributed by atoms with Crippen LogP contribution < -0.4 is 5.32 Å². The van der Waals surface area contributed by atoms with Gasteiger partial charge in [-0.2, -0.15) is 0 Å². The van der Waals surface area contributed by atoms with Crippen molar-refractivity contribution in [3.63, 3.8) is 0 Å². The Bertz CT molecular complexity index is 477. The van der Waals surface area contributed by atoms with E-state index in [0.29, 0.717) is 0 Å². The zero-order valence-corrected chi connectivity index (χ0v) is 10.0. The van der Waals surface area contributed by atoms with E-state index in [1.807, 2.05) is 35.7 Å². The van der Waals surface area contributed by atoms with E-state index in [4.69, 9.17) is 5.11 Å². The molecule has 0 fully saturated rings. The lowest BCUT2D eigenvalue weighted by Gasteiger charge is -2.05. The average molecular weight is 247 g/mol. The maximum Gasteiger partial charge on any atom is 0.307 e. The number of anilines is 1. The Morgan fingerprint density at radius 1 is 1.24 bits per heavy atom. The van der Waals surface area contributed by atoms with Gasteiger partial charge in [0.15, 0.2) is 0 Å². The Kier molecular flexibility index (Phi) is 3.77. The molecule has 0 saturated carbocycles. The minimum Gasteiger partial charge on any atom is -0.481 e. The van der Waals surface area contributed by atoms with Gasteiger partial charge in [0.1, 0.15) is 0 Å². The van der Waals surface area contributed by atoms with Gasteiger partial charge in [0, 0.05) is 17.1 Å². The highest BCUT2D eigenvalue weighted by molar-refractivity contribution is 7.09. The normalized spacial score (nSPS) is 10.1. The van der Waals surface area contributed by atoms with E-state index in [-0.39, 0.29) is 6.42 Å². The first-order valence-electron chi connectivity index (χ1n) is 5.31. The Hall–Kier alpha value is -1.81. The van der Waals surface area contributed by atoms with E-state index in [1.165, 1.54) is 4.88 Å². The summed E-state index contributed by atoms with van der Waals surface area (Å²) in [4.78, 5) is 11.8. The van der Waals surface area contributed by atoms with Gasteiger partial charge in [-0.05, 0) is 29.1 Å². The minimum atomic E-state index is -0.802. The lowest BCUT2D eigenvalue weighted by Crippen LogP contribution is -2.01. The van der Waals surface area contributed by atoms with Gasteiger partial charge < -0.3 is 10.4 Å². The predicted molar refractivity (Wildman–Crippen MR) is 69.4 cm³/mol. The molecule has 1 aromatic heterocycles. The molecule has 2 aromatic rings. The van der Waals surface area contributed by atoms with Crippen LogP contribution >= 0.6 is 11.3 Å². The van der Waals surface area contributed by atoms with E-state index in [2.05, 4.69) is 11.4 Å². The van der Waals surface area contributed by atoms with Gasteiger partial charge in [-0.15, -0.1) is 11.3 Å². The highest BCUT2D eigenvalue weighted by Gasteiger charge is 2.00. The van der Waals surface area contributed by atoms with Gasteiger partial charge in [0.25, 0.3) is 0 Å². The second-order valence-electron chi connectivity index (χ2n) is 3.70. The van der Waals surface area contributed by atoms with Crippen LogP contribution in [0.1, 0.15) is 10.4 Å². The molecule has 1 aromatic carbocycles. The number of aliphatic carboxylic acids is 1. The lowest BCUT2D eigenvalue weighted by atomic mass is 10.1. The molecule has 0 aliphatic carbocycles. The topological polar surface area (TPSA) is 49.3 Å². The molecule has 2 rings (SSSR count). The third-order valence-electron chi connectivity index (χ3n) is 2.36. The summed E-state index contributed by atoms with van der Waals surface area (Å²) < 4.78 is 0. The number of carboxylic acid groups (broad SMARTS) is 1. The fourth-order valence-corrected chi connectivity index (χ4v) is 2.16. The quantitative estimate of drug-likeness (QED) is 0.854. The maximum atomic E-state index is 10.5. The molecule has 1 heterocycles. The van der Waals surface area contributed by atoms with Crippen molar-refractivity contribution in [2.24, 2.45) is 0 Å². The molecule has 0 unspecified atom stereocenters. The molecule has 0 spiro atoms. The standard InChI is InChI=1S/C13H13NO2S/c15-13(16)8-10-3-5-11(6-4-10)14-9-12-2-1-7-17-12/h1-7,14H,8-9H2,(H,15,16). The van der Waals surface area contributed by atoms with Crippen LogP contribution in [0.15, 0.2) is 41.8 Å². The molecule has 3 nitrogen and oxygen atoms in total. The van der Waals surface area contributed by atoms with Gasteiger partial charge in [-0.25, -0.2) is 0 Å². The van der Waals surface area contributed by atoms with Crippen LogP contribution in [0.2, 0.25) is 0 Å². The highest BCUT2D eigenvalue weighted by Crippen LogP contribution is 2.14. The average Bonchev–Trinajstić information content (AvgIpc) is 2.80. The van der Waals surface area contributed by atoms with E-state index in [9.17, 15) is 4.79 Å². The molecule has 17 heavy (non-hydrogen) atoms. The van der Waals surface area contributed by atoms with Crippen LogP contribution in [-0.2, 0) is 17.8 Å². The van der Waals surface area contributed by atoms with Crippen LogP contribution in [-0.4, -0.2) is 11.1 Å². The van der Waals surface area contributed by atoms with E-state index < -0.39 is 5.97 Å². The lowest BCUT2D eigenvalue weighted by molar-refractivity contribution is -0.136. The van der Waals surface area contributed by atoms with E-state index in [0.717, 1.165) is 17.8 Å². The van der Waals surface area contributed by atoms with Crippen LogP contribution in [0.25, 0.3) is 0 Å². The maximum absolute atomic E-state index is 10.5. The Labute approximate surface area is 104 Å². The Balaban J connectivity index is 1.91. The third-order valence-corrected chi connectivity index (χ3v) is 3.23. The number of nitrogens with one attached hydrogen (secondary N) is 1. The summed E-state index contributed by atoms with van der Waals surface area (Å²) in [6.45, 7) is 0.802. The number of thiophene rings is 1.